The van der Waals surface area contributed by atoms with Gasteiger partial charge < -0.3 is 15.7 Å². The molecule has 1 saturated heterocycles. The Morgan fingerprint density at radius 1 is 1.56 bits per heavy atom. The first-order valence-corrected chi connectivity index (χ1v) is 6.85. The Balaban J connectivity index is 2.11. The Hall–Kier alpha value is -0.840. The van der Waals surface area contributed by atoms with Crippen molar-refractivity contribution >= 4 is 34.5 Å². The van der Waals surface area contributed by atoms with E-state index in [2.05, 4.69) is 4.90 Å². The molecule has 1 unspecified atom stereocenters. The zero-order chi connectivity index (χ0) is 13.1. The number of aliphatic hydroxyl groups is 1. The molecule has 0 aliphatic carbocycles. The van der Waals surface area contributed by atoms with Crippen molar-refractivity contribution < 1.29 is 5.11 Å². The molecule has 1 aliphatic rings. The number of aliphatic hydroxyl groups excluding tert-OH is 1. The number of anilines is 1. The zero-order valence-corrected chi connectivity index (χ0v) is 11.7. The standard InChI is InChI=1S/C13H17ClN2OS/c14-12-7-10(1-2-11(12)13(15)18)16-5-3-9(8-16)4-6-17/h1-2,7,9,17H,3-6,8H2,(H2,15,18). The molecule has 1 atom stereocenters. The number of benzene rings is 1. The fraction of sp³-hybridized carbons (Fsp3) is 0.462. The first kappa shape index (κ1) is 13.6. The maximum atomic E-state index is 8.96. The Kier molecular flexibility index (Phi) is 4.43. The van der Waals surface area contributed by atoms with Crippen LogP contribution in [0.3, 0.4) is 0 Å². The molecule has 0 spiro atoms. The molecule has 0 amide bonds. The molecule has 1 aromatic carbocycles. The minimum Gasteiger partial charge on any atom is -0.396 e. The molecule has 0 bridgehead atoms. The lowest BCUT2D eigenvalue weighted by Crippen LogP contribution is -2.20. The van der Waals surface area contributed by atoms with Crippen LogP contribution in [-0.2, 0) is 0 Å². The summed E-state index contributed by atoms with van der Waals surface area (Å²) in [6, 6.07) is 5.79. The molecule has 3 nitrogen and oxygen atoms in total. The van der Waals surface area contributed by atoms with Gasteiger partial charge in [-0.2, -0.15) is 0 Å². The average Bonchev–Trinajstić information content (AvgIpc) is 2.77. The number of thiocarbonyl (C=S) groups is 1. The normalized spacial score (nSPS) is 19.2. The predicted octanol–water partition coefficient (Wildman–Crippen LogP) is 2.18. The number of hydrogen-bond acceptors (Lipinski definition) is 3. The molecule has 1 aromatic rings. The van der Waals surface area contributed by atoms with E-state index in [1.165, 1.54) is 0 Å². The highest BCUT2D eigenvalue weighted by Crippen LogP contribution is 2.29. The van der Waals surface area contributed by atoms with E-state index in [-0.39, 0.29) is 6.61 Å². The Bertz CT molecular complexity index is 453. The maximum absolute atomic E-state index is 8.96. The van der Waals surface area contributed by atoms with Gasteiger partial charge >= 0.3 is 0 Å². The van der Waals surface area contributed by atoms with E-state index in [4.69, 9.17) is 34.7 Å². The van der Waals surface area contributed by atoms with Crippen molar-refractivity contribution in [3.8, 4) is 0 Å². The van der Waals surface area contributed by atoms with Crippen LogP contribution in [0, 0.1) is 5.92 Å². The topological polar surface area (TPSA) is 49.5 Å². The molecule has 1 fully saturated rings. The fourth-order valence-electron chi connectivity index (χ4n) is 2.39. The van der Waals surface area contributed by atoms with Gasteiger partial charge in [0.1, 0.15) is 4.99 Å². The molecular weight excluding hydrogens is 268 g/mol. The monoisotopic (exact) mass is 284 g/mol. The molecular formula is C13H17ClN2OS. The summed E-state index contributed by atoms with van der Waals surface area (Å²) in [5.74, 6) is 0.573. The van der Waals surface area contributed by atoms with Gasteiger partial charge in [-0.25, -0.2) is 0 Å². The van der Waals surface area contributed by atoms with Gasteiger partial charge in [0.25, 0.3) is 0 Å². The lowest BCUT2D eigenvalue weighted by molar-refractivity contribution is 0.263. The highest BCUT2D eigenvalue weighted by Gasteiger charge is 2.22. The summed E-state index contributed by atoms with van der Waals surface area (Å²) in [6.07, 6.45) is 1.99. The van der Waals surface area contributed by atoms with Crippen molar-refractivity contribution in [2.75, 3.05) is 24.6 Å². The van der Waals surface area contributed by atoms with E-state index in [0.717, 1.165) is 37.2 Å². The summed E-state index contributed by atoms with van der Waals surface area (Å²) in [5.41, 5.74) is 7.41. The van der Waals surface area contributed by atoms with Crippen LogP contribution in [0.1, 0.15) is 18.4 Å². The van der Waals surface area contributed by atoms with Gasteiger partial charge in [-0.15, -0.1) is 0 Å². The van der Waals surface area contributed by atoms with Gasteiger partial charge in [-0.3, -0.25) is 0 Å². The summed E-state index contributed by atoms with van der Waals surface area (Å²) < 4.78 is 0. The van der Waals surface area contributed by atoms with Gasteiger partial charge in [0, 0.05) is 30.9 Å². The highest BCUT2D eigenvalue weighted by molar-refractivity contribution is 7.80. The lowest BCUT2D eigenvalue weighted by Gasteiger charge is -2.19. The molecule has 2 rings (SSSR count). The van der Waals surface area contributed by atoms with Crippen molar-refractivity contribution in [1.29, 1.82) is 0 Å². The number of halogens is 1. The van der Waals surface area contributed by atoms with Crippen molar-refractivity contribution in [3.05, 3.63) is 28.8 Å². The summed E-state index contributed by atoms with van der Waals surface area (Å²) in [5, 5.41) is 9.56. The Labute approximate surface area is 118 Å². The van der Waals surface area contributed by atoms with E-state index in [0.29, 0.717) is 15.9 Å². The molecule has 1 heterocycles. The van der Waals surface area contributed by atoms with E-state index >= 15 is 0 Å². The minimum atomic E-state index is 0.264. The number of rotatable bonds is 4. The van der Waals surface area contributed by atoms with Crippen LogP contribution in [0.2, 0.25) is 5.02 Å². The van der Waals surface area contributed by atoms with E-state index < -0.39 is 0 Å². The Morgan fingerprint density at radius 3 is 2.94 bits per heavy atom. The average molecular weight is 285 g/mol. The zero-order valence-electron chi connectivity index (χ0n) is 10.1. The Morgan fingerprint density at radius 2 is 2.33 bits per heavy atom. The summed E-state index contributed by atoms with van der Waals surface area (Å²) in [6.45, 7) is 2.25. The van der Waals surface area contributed by atoms with Gasteiger partial charge in [-0.05, 0) is 37.0 Å². The van der Waals surface area contributed by atoms with Crippen molar-refractivity contribution in [2.24, 2.45) is 11.7 Å². The molecule has 0 radical (unpaired) electrons. The first-order chi connectivity index (χ1) is 8.61. The van der Waals surface area contributed by atoms with Gasteiger partial charge in [0.15, 0.2) is 0 Å². The summed E-state index contributed by atoms with van der Waals surface area (Å²) in [4.78, 5) is 2.61. The molecule has 0 saturated carbocycles. The third-order valence-corrected chi connectivity index (χ3v) is 3.94. The van der Waals surface area contributed by atoms with E-state index in [9.17, 15) is 0 Å². The lowest BCUT2D eigenvalue weighted by atomic mass is 10.1. The quantitative estimate of drug-likeness (QED) is 0.832. The molecule has 0 aromatic heterocycles. The fourth-order valence-corrected chi connectivity index (χ4v) is 2.90. The van der Waals surface area contributed by atoms with Crippen LogP contribution in [0.15, 0.2) is 18.2 Å². The highest BCUT2D eigenvalue weighted by atomic mass is 35.5. The minimum absolute atomic E-state index is 0.264. The maximum Gasteiger partial charge on any atom is 0.105 e. The first-order valence-electron chi connectivity index (χ1n) is 6.07. The second-order valence-electron chi connectivity index (χ2n) is 4.64. The number of hydrogen-bond donors (Lipinski definition) is 2. The van der Waals surface area contributed by atoms with Crippen LogP contribution in [-0.4, -0.2) is 29.8 Å². The molecule has 18 heavy (non-hydrogen) atoms. The van der Waals surface area contributed by atoms with Crippen molar-refractivity contribution in [1.82, 2.24) is 0 Å². The molecule has 98 valence electrons. The second kappa shape index (κ2) is 5.87. The van der Waals surface area contributed by atoms with E-state index in [1.54, 1.807) is 0 Å². The molecule has 5 heteroatoms. The SMILES string of the molecule is NC(=S)c1ccc(N2CCC(CCO)C2)cc1Cl. The van der Waals surface area contributed by atoms with Gasteiger partial charge in [0.2, 0.25) is 0 Å². The second-order valence-corrected chi connectivity index (χ2v) is 5.49. The third kappa shape index (κ3) is 2.94. The van der Waals surface area contributed by atoms with Crippen LogP contribution < -0.4 is 10.6 Å². The third-order valence-electron chi connectivity index (χ3n) is 3.41. The van der Waals surface area contributed by atoms with Crippen LogP contribution in [0.25, 0.3) is 0 Å². The number of nitrogens with zero attached hydrogens (tertiary/aromatic N) is 1. The van der Waals surface area contributed by atoms with Crippen LogP contribution in [0.5, 0.6) is 0 Å². The van der Waals surface area contributed by atoms with Crippen molar-refractivity contribution in [3.63, 3.8) is 0 Å². The number of nitrogens with two attached hydrogens (primary N) is 1. The van der Waals surface area contributed by atoms with E-state index in [1.807, 2.05) is 18.2 Å². The van der Waals surface area contributed by atoms with Crippen LogP contribution >= 0.6 is 23.8 Å². The van der Waals surface area contributed by atoms with Gasteiger partial charge in [-0.1, -0.05) is 23.8 Å². The van der Waals surface area contributed by atoms with Crippen molar-refractivity contribution in [2.45, 2.75) is 12.8 Å². The summed E-state index contributed by atoms with van der Waals surface area (Å²) in [7, 11) is 0. The van der Waals surface area contributed by atoms with Gasteiger partial charge in [0.05, 0.1) is 5.02 Å². The largest absolute Gasteiger partial charge is 0.396 e. The predicted molar refractivity (Wildman–Crippen MR) is 79.4 cm³/mol. The molecule has 1 aliphatic heterocycles. The molecule has 3 N–H and O–H groups in total. The smallest absolute Gasteiger partial charge is 0.105 e. The van der Waals surface area contributed by atoms with Crippen LogP contribution in [0.4, 0.5) is 5.69 Å². The summed E-state index contributed by atoms with van der Waals surface area (Å²) >= 11 is 11.1.